The molecule has 2 amide bonds. The molecule has 7 nitrogen and oxygen atoms in total. The lowest BCUT2D eigenvalue weighted by Gasteiger charge is -2.37. The third kappa shape index (κ3) is 4.68. The Labute approximate surface area is 144 Å². The average molecular weight is 338 g/mol. The summed E-state index contributed by atoms with van der Waals surface area (Å²) in [5, 5.41) is 0. The standard InChI is InChI=1S/C17H30N4O3/c22-16(17(23)21-12-14-24-15-13-21)20-10-8-19(9-11-20)7-6-18-4-2-1-3-5-18/h1-15H2. The fourth-order valence-corrected chi connectivity index (χ4v) is 3.68. The van der Waals surface area contributed by atoms with Crippen LogP contribution in [0.15, 0.2) is 0 Å². The van der Waals surface area contributed by atoms with Crippen molar-refractivity contribution in [2.24, 2.45) is 0 Å². The minimum atomic E-state index is -0.361. The molecule has 3 aliphatic rings. The number of hydrogen-bond donors (Lipinski definition) is 0. The summed E-state index contributed by atoms with van der Waals surface area (Å²) in [6.45, 7) is 9.84. The number of rotatable bonds is 3. The van der Waals surface area contributed by atoms with Gasteiger partial charge < -0.3 is 19.4 Å². The van der Waals surface area contributed by atoms with Gasteiger partial charge >= 0.3 is 11.8 Å². The van der Waals surface area contributed by atoms with Crippen molar-refractivity contribution in [3.05, 3.63) is 0 Å². The summed E-state index contributed by atoms with van der Waals surface area (Å²) in [7, 11) is 0. The van der Waals surface area contributed by atoms with Crippen molar-refractivity contribution < 1.29 is 14.3 Å². The molecular weight excluding hydrogens is 308 g/mol. The molecule has 0 atom stereocenters. The van der Waals surface area contributed by atoms with Crippen molar-refractivity contribution >= 4 is 11.8 Å². The molecule has 0 spiro atoms. The highest BCUT2D eigenvalue weighted by molar-refractivity contribution is 6.34. The molecule has 0 aliphatic carbocycles. The molecule has 136 valence electrons. The number of morpholine rings is 1. The van der Waals surface area contributed by atoms with Crippen LogP contribution in [-0.2, 0) is 14.3 Å². The topological polar surface area (TPSA) is 56.3 Å². The largest absolute Gasteiger partial charge is 0.378 e. The number of carbonyl (C=O) groups is 2. The quantitative estimate of drug-likeness (QED) is 0.648. The van der Waals surface area contributed by atoms with Crippen molar-refractivity contribution in [2.75, 3.05) is 78.7 Å². The molecule has 3 aliphatic heterocycles. The molecule has 0 aromatic rings. The van der Waals surface area contributed by atoms with Crippen LogP contribution < -0.4 is 0 Å². The molecule has 24 heavy (non-hydrogen) atoms. The smallest absolute Gasteiger partial charge is 0.312 e. The van der Waals surface area contributed by atoms with Gasteiger partial charge in [0.2, 0.25) is 0 Å². The third-order valence-corrected chi connectivity index (χ3v) is 5.32. The Kier molecular flexibility index (Phi) is 6.45. The van der Waals surface area contributed by atoms with Gasteiger partial charge in [-0.3, -0.25) is 14.5 Å². The van der Waals surface area contributed by atoms with Crippen LogP contribution in [0, 0.1) is 0 Å². The van der Waals surface area contributed by atoms with E-state index in [0.29, 0.717) is 39.4 Å². The van der Waals surface area contributed by atoms with E-state index in [1.54, 1.807) is 9.80 Å². The zero-order chi connectivity index (χ0) is 16.8. The van der Waals surface area contributed by atoms with E-state index in [1.807, 2.05) is 0 Å². The number of ether oxygens (including phenoxy) is 1. The summed E-state index contributed by atoms with van der Waals surface area (Å²) in [6.07, 6.45) is 4.02. The van der Waals surface area contributed by atoms with Crippen molar-refractivity contribution in [3.63, 3.8) is 0 Å². The Bertz CT molecular complexity index is 426. The number of hydrogen-bond acceptors (Lipinski definition) is 5. The Morgan fingerprint density at radius 3 is 1.71 bits per heavy atom. The van der Waals surface area contributed by atoms with Crippen LogP contribution in [0.3, 0.4) is 0 Å². The van der Waals surface area contributed by atoms with Crippen molar-refractivity contribution in [1.82, 2.24) is 19.6 Å². The van der Waals surface area contributed by atoms with Gasteiger partial charge in [0, 0.05) is 52.4 Å². The van der Waals surface area contributed by atoms with Gasteiger partial charge in [-0.1, -0.05) is 6.42 Å². The van der Waals surface area contributed by atoms with E-state index in [4.69, 9.17) is 4.74 Å². The Morgan fingerprint density at radius 2 is 1.12 bits per heavy atom. The van der Waals surface area contributed by atoms with Gasteiger partial charge in [-0.25, -0.2) is 0 Å². The Balaban J connectivity index is 1.37. The van der Waals surface area contributed by atoms with Crippen LogP contribution in [0.4, 0.5) is 0 Å². The first-order valence-corrected chi connectivity index (χ1v) is 9.35. The van der Waals surface area contributed by atoms with Crippen LogP contribution in [-0.4, -0.2) is 110 Å². The number of piperazine rings is 1. The van der Waals surface area contributed by atoms with Gasteiger partial charge in [-0.2, -0.15) is 0 Å². The summed E-state index contributed by atoms with van der Waals surface area (Å²) in [4.78, 5) is 32.9. The van der Waals surface area contributed by atoms with Gasteiger partial charge in [-0.15, -0.1) is 0 Å². The Morgan fingerprint density at radius 1 is 0.625 bits per heavy atom. The highest BCUT2D eigenvalue weighted by atomic mass is 16.5. The lowest BCUT2D eigenvalue weighted by Crippen LogP contribution is -2.55. The van der Waals surface area contributed by atoms with Crippen molar-refractivity contribution in [3.8, 4) is 0 Å². The summed E-state index contributed by atoms with van der Waals surface area (Å²) >= 11 is 0. The van der Waals surface area contributed by atoms with Crippen LogP contribution in [0.2, 0.25) is 0 Å². The molecule has 0 saturated carbocycles. The molecule has 3 heterocycles. The zero-order valence-corrected chi connectivity index (χ0v) is 14.6. The van der Waals surface area contributed by atoms with Crippen molar-refractivity contribution in [2.45, 2.75) is 19.3 Å². The first-order valence-electron chi connectivity index (χ1n) is 9.35. The van der Waals surface area contributed by atoms with Crippen LogP contribution in [0.1, 0.15) is 19.3 Å². The van der Waals surface area contributed by atoms with E-state index in [9.17, 15) is 9.59 Å². The molecule has 0 unspecified atom stereocenters. The fraction of sp³-hybridized carbons (Fsp3) is 0.882. The minimum absolute atomic E-state index is 0.340. The number of amides is 2. The summed E-state index contributed by atoms with van der Waals surface area (Å²) < 4.78 is 5.24. The third-order valence-electron chi connectivity index (χ3n) is 5.32. The monoisotopic (exact) mass is 338 g/mol. The number of piperidine rings is 1. The number of nitrogens with zero attached hydrogens (tertiary/aromatic N) is 4. The highest BCUT2D eigenvalue weighted by Crippen LogP contribution is 2.10. The van der Waals surface area contributed by atoms with E-state index >= 15 is 0 Å². The van der Waals surface area contributed by atoms with Gasteiger partial charge in [0.15, 0.2) is 0 Å². The van der Waals surface area contributed by atoms with Crippen LogP contribution in [0.25, 0.3) is 0 Å². The number of likely N-dealkylation sites (tertiary alicyclic amines) is 1. The van der Waals surface area contributed by atoms with Gasteiger partial charge in [0.05, 0.1) is 13.2 Å². The van der Waals surface area contributed by atoms with E-state index in [0.717, 1.165) is 26.2 Å². The van der Waals surface area contributed by atoms with Gasteiger partial charge in [0.25, 0.3) is 0 Å². The van der Waals surface area contributed by atoms with Crippen LogP contribution >= 0.6 is 0 Å². The average Bonchev–Trinajstić information content (AvgIpc) is 2.67. The predicted octanol–water partition coefficient (Wildman–Crippen LogP) is -0.525. The molecule has 0 N–H and O–H groups in total. The second-order valence-corrected chi connectivity index (χ2v) is 6.94. The lowest BCUT2D eigenvalue weighted by atomic mass is 10.1. The van der Waals surface area contributed by atoms with Crippen molar-refractivity contribution in [1.29, 1.82) is 0 Å². The maximum Gasteiger partial charge on any atom is 0.312 e. The highest BCUT2D eigenvalue weighted by Gasteiger charge is 2.30. The SMILES string of the molecule is O=C(C(=O)N1CCN(CCN2CCCCC2)CC1)N1CCOCC1. The summed E-state index contributed by atoms with van der Waals surface area (Å²) in [6, 6.07) is 0. The fourth-order valence-electron chi connectivity index (χ4n) is 3.68. The molecule has 0 bridgehead atoms. The second kappa shape index (κ2) is 8.78. The molecule has 3 saturated heterocycles. The van der Waals surface area contributed by atoms with E-state index in [1.165, 1.54) is 32.4 Å². The summed E-state index contributed by atoms with van der Waals surface area (Å²) in [5.41, 5.74) is 0. The second-order valence-electron chi connectivity index (χ2n) is 6.94. The Hall–Kier alpha value is -1.18. The molecule has 0 aromatic carbocycles. The first-order chi connectivity index (χ1) is 11.7. The first kappa shape index (κ1) is 17.6. The van der Waals surface area contributed by atoms with E-state index in [2.05, 4.69) is 9.80 Å². The molecule has 0 radical (unpaired) electrons. The molecule has 7 heteroatoms. The molecular formula is C17H30N4O3. The molecule has 3 fully saturated rings. The maximum absolute atomic E-state index is 12.4. The van der Waals surface area contributed by atoms with Gasteiger partial charge in [-0.05, 0) is 25.9 Å². The van der Waals surface area contributed by atoms with Gasteiger partial charge in [0.1, 0.15) is 0 Å². The predicted molar refractivity (Wildman–Crippen MR) is 90.7 cm³/mol. The molecule has 3 rings (SSSR count). The normalized spacial score (nSPS) is 24.2. The maximum atomic E-state index is 12.4. The van der Waals surface area contributed by atoms with E-state index in [-0.39, 0.29) is 11.8 Å². The zero-order valence-electron chi connectivity index (χ0n) is 14.6. The molecule has 0 aromatic heterocycles. The lowest BCUT2D eigenvalue weighted by molar-refractivity contribution is -0.155. The minimum Gasteiger partial charge on any atom is -0.378 e. The number of carbonyl (C=O) groups excluding carboxylic acids is 2. The van der Waals surface area contributed by atoms with E-state index < -0.39 is 0 Å². The van der Waals surface area contributed by atoms with Crippen LogP contribution in [0.5, 0.6) is 0 Å². The summed E-state index contributed by atoms with van der Waals surface area (Å²) in [5.74, 6) is -0.701.